The van der Waals surface area contributed by atoms with E-state index in [1.807, 2.05) is 5.38 Å². The van der Waals surface area contributed by atoms with E-state index in [1.165, 1.54) is 6.92 Å². The van der Waals surface area contributed by atoms with Crippen molar-refractivity contribution in [3.63, 3.8) is 0 Å². The first-order valence-corrected chi connectivity index (χ1v) is 7.51. The summed E-state index contributed by atoms with van der Waals surface area (Å²) in [7, 11) is 0. The van der Waals surface area contributed by atoms with Crippen molar-refractivity contribution in [2.45, 2.75) is 37.1 Å². The van der Waals surface area contributed by atoms with Gasteiger partial charge in [-0.3, -0.25) is 14.3 Å². The van der Waals surface area contributed by atoms with E-state index >= 15 is 0 Å². The minimum atomic E-state index is -2.29. The van der Waals surface area contributed by atoms with Crippen LogP contribution in [0.2, 0.25) is 0 Å². The molecule has 134 valence electrons. The highest BCUT2D eigenvalue weighted by Gasteiger charge is 2.57. The topological polar surface area (TPSA) is 147 Å². The van der Waals surface area contributed by atoms with Crippen molar-refractivity contribution in [2.24, 2.45) is 0 Å². The molecule has 1 aliphatic rings. The molecule has 9 nitrogen and oxygen atoms in total. The van der Waals surface area contributed by atoms with Crippen molar-refractivity contribution in [3.8, 4) is 11.3 Å². The molecule has 3 rings (SSSR count). The van der Waals surface area contributed by atoms with Crippen molar-refractivity contribution >= 4 is 28.6 Å². The number of aliphatic hydroxyl groups excluding tert-OH is 2. The predicted octanol–water partition coefficient (Wildman–Crippen LogP) is -0.984. The van der Waals surface area contributed by atoms with Crippen LogP contribution in [-0.2, 0) is 4.74 Å². The molecule has 1 fully saturated rings. The van der Waals surface area contributed by atoms with Gasteiger partial charge in [-0.15, -0.1) is 0 Å². The zero-order valence-electron chi connectivity index (χ0n) is 12.8. The highest BCUT2D eigenvalue weighted by atomic mass is 35.5. The first kappa shape index (κ1) is 17.7. The van der Waals surface area contributed by atoms with Crippen molar-refractivity contribution in [3.05, 3.63) is 22.4 Å². The van der Waals surface area contributed by atoms with Gasteiger partial charge in [0.25, 0.3) is 5.56 Å². The summed E-state index contributed by atoms with van der Waals surface area (Å²) in [6, 6.07) is 0. The average molecular weight is 373 g/mol. The number of halogens is 2. The van der Waals surface area contributed by atoms with Gasteiger partial charge < -0.3 is 25.8 Å². The molecule has 0 aliphatic carbocycles. The lowest BCUT2D eigenvalue weighted by atomic mass is 9.93. The maximum atomic E-state index is 14.2. The Morgan fingerprint density at radius 1 is 1.64 bits per heavy atom. The standard InChI is InChI=1S/C14H14ClFN4O5/c1-5(21)8-9(22)14(24,2-3-15)12(25-8)20-4-6(16)7-10(20)18-13(17)19-11(7)23/h4-5,8-9,12,21-22,24H,1H3,(H3,17,18,19,23)/t5-,8-,9+,12-,14?/m1/s1. The maximum absolute atomic E-state index is 14.2. The Balaban J connectivity index is 2.25. The molecule has 3 heterocycles. The van der Waals surface area contributed by atoms with Gasteiger partial charge in [-0.25, -0.2) is 4.39 Å². The minimum absolute atomic E-state index is 0.225. The molecule has 1 aliphatic heterocycles. The van der Waals surface area contributed by atoms with E-state index in [0.29, 0.717) is 0 Å². The molecule has 2 aromatic rings. The number of aromatic amines is 1. The van der Waals surface area contributed by atoms with Crippen molar-refractivity contribution < 1.29 is 24.4 Å². The van der Waals surface area contributed by atoms with Crippen LogP contribution in [0.1, 0.15) is 13.2 Å². The monoisotopic (exact) mass is 372 g/mol. The molecule has 1 saturated heterocycles. The Kier molecular flexibility index (Phi) is 4.22. The number of nitrogen functional groups attached to an aromatic ring is 1. The minimum Gasteiger partial charge on any atom is -0.391 e. The van der Waals surface area contributed by atoms with Gasteiger partial charge in [0.05, 0.1) is 6.10 Å². The summed E-state index contributed by atoms with van der Waals surface area (Å²) in [6.07, 6.45) is -4.74. The Morgan fingerprint density at radius 2 is 2.32 bits per heavy atom. The molecule has 1 unspecified atom stereocenters. The van der Waals surface area contributed by atoms with E-state index in [9.17, 15) is 24.5 Å². The lowest BCUT2D eigenvalue weighted by Gasteiger charge is -2.26. The fraction of sp³-hybridized carbons (Fsp3) is 0.429. The van der Waals surface area contributed by atoms with Crippen LogP contribution >= 0.6 is 11.6 Å². The summed E-state index contributed by atoms with van der Waals surface area (Å²) in [6.45, 7) is 1.33. The van der Waals surface area contributed by atoms with Gasteiger partial charge in [0, 0.05) is 11.6 Å². The van der Waals surface area contributed by atoms with Gasteiger partial charge in [0.15, 0.2) is 17.7 Å². The van der Waals surface area contributed by atoms with E-state index in [4.69, 9.17) is 22.1 Å². The zero-order chi connectivity index (χ0) is 18.5. The molecular weight excluding hydrogens is 359 g/mol. The smallest absolute Gasteiger partial charge is 0.264 e. The number of nitrogens with two attached hydrogens (primary N) is 1. The average Bonchev–Trinajstić information content (AvgIpc) is 2.96. The Labute approximate surface area is 144 Å². The maximum Gasteiger partial charge on any atom is 0.264 e. The van der Waals surface area contributed by atoms with Gasteiger partial charge in [0.1, 0.15) is 17.6 Å². The fourth-order valence-electron chi connectivity index (χ4n) is 2.90. The molecule has 0 spiro atoms. The Hall–Kier alpha value is -2.16. The number of fused-ring (bicyclic) bond motifs is 1. The van der Waals surface area contributed by atoms with E-state index in [1.54, 1.807) is 0 Å². The number of anilines is 1. The normalized spacial score (nSPS) is 30.2. The van der Waals surface area contributed by atoms with E-state index < -0.39 is 46.9 Å². The third-order valence-electron chi connectivity index (χ3n) is 4.05. The first-order valence-electron chi connectivity index (χ1n) is 7.13. The molecule has 5 atom stereocenters. The Bertz CT molecular complexity index is 948. The number of aromatic nitrogens is 3. The lowest BCUT2D eigenvalue weighted by Crippen LogP contribution is -2.47. The number of H-pyrrole nitrogens is 1. The molecule has 11 heteroatoms. The van der Waals surface area contributed by atoms with Crippen LogP contribution in [0.4, 0.5) is 10.3 Å². The van der Waals surface area contributed by atoms with Crippen LogP contribution in [0.5, 0.6) is 0 Å². The fourth-order valence-corrected chi connectivity index (χ4v) is 3.05. The zero-order valence-corrected chi connectivity index (χ0v) is 13.5. The number of nitrogens with one attached hydrogen (secondary N) is 1. The van der Waals surface area contributed by atoms with Crippen LogP contribution < -0.4 is 11.3 Å². The number of aliphatic hydroxyl groups is 3. The molecule has 0 radical (unpaired) electrons. The molecule has 0 amide bonds. The van der Waals surface area contributed by atoms with Crippen molar-refractivity contribution in [2.75, 3.05) is 5.73 Å². The Morgan fingerprint density at radius 3 is 2.92 bits per heavy atom. The van der Waals surface area contributed by atoms with Crippen molar-refractivity contribution in [1.29, 1.82) is 0 Å². The summed E-state index contributed by atoms with van der Waals surface area (Å²) in [5.41, 5.74) is 2.15. The highest BCUT2D eigenvalue weighted by molar-refractivity contribution is 6.30. The number of ether oxygens (including phenoxy) is 1. The molecule has 0 bridgehead atoms. The van der Waals surface area contributed by atoms with Gasteiger partial charge in [-0.05, 0) is 24.4 Å². The highest BCUT2D eigenvalue weighted by Crippen LogP contribution is 2.41. The summed E-state index contributed by atoms with van der Waals surface area (Å²) in [5.74, 6) is 0.980. The molecule has 0 aromatic carbocycles. The third-order valence-corrected chi connectivity index (χ3v) is 4.15. The molecular formula is C14H14ClFN4O5. The van der Waals surface area contributed by atoms with Crippen molar-refractivity contribution in [1.82, 2.24) is 14.5 Å². The largest absolute Gasteiger partial charge is 0.391 e. The van der Waals surface area contributed by atoms with Crippen LogP contribution in [0.25, 0.3) is 11.0 Å². The second-order valence-electron chi connectivity index (χ2n) is 5.72. The second-order valence-corrected chi connectivity index (χ2v) is 5.91. The van der Waals surface area contributed by atoms with Crippen LogP contribution in [-0.4, -0.2) is 53.8 Å². The number of rotatable bonds is 2. The SMILES string of the molecule is C[C@@H](O)[C@H]1O[C@@H](n2cc(F)c3c(=O)[nH]c(N)nc32)C(O)(C#CCl)[C@H]1O. The van der Waals surface area contributed by atoms with Gasteiger partial charge in [-0.2, -0.15) is 4.98 Å². The van der Waals surface area contributed by atoms with Crippen LogP contribution in [0.15, 0.2) is 11.0 Å². The summed E-state index contributed by atoms with van der Waals surface area (Å²) < 4.78 is 20.7. The molecule has 2 aromatic heterocycles. The summed E-state index contributed by atoms with van der Waals surface area (Å²) >= 11 is 5.37. The quantitative estimate of drug-likeness (QED) is 0.425. The number of hydrogen-bond acceptors (Lipinski definition) is 7. The predicted molar refractivity (Wildman–Crippen MR) is 84.9 cm³/mol. The van der Waals surface area contributed by atoms with Gasteiger partial charge >= 0.3 is 0 Å². The van der Waals surface area contributed by atoms with Gasteiger partial charge in [0.2, 0.25) is 11.5 Å². The van der Waals surface area contributed by atoms with Crippen LogP contribution in [0.3, 0.4) is 0 Å². The van der Waals surface area contributed by atoms with E-state index in [2.05, 4.69) is 15.9 Å². The van der Waals surface area contributed by atoms with Gasteiger partial charge in [-0.1, -0.05) is 0 Å². The second kappa shape index (κ2) is 5.98. The summed E-state index contributed by atoms with van der Waals surface area (Å²) in [4.78, 5) is 17.9. The van der Waals surface area contributed by atoms with Crippen LogP contribution in [0, 0.1) is 17.1 Å². The number of hydrogen-bond donors (Lipinski definition) is 5. The van der Waals surface area contributed by atoms with E-state index in [0.717, 1.165) is 10.8 Å². The first-order chi connectivity index (χ1) is 11.7. The molecule has 6 N–H and O–H groups in total. The number of nitrogens with zero attached hydrogens (tertiary/aromatic N) is 2. The lowest BCUT2D eigenvalue weighted by molar-refractivity contribution is -0.0846. The third kappa shape index (κ3) is 2.57. The van der Waals surface area contributed by atoms with E-state index in [-0.39, 0.29) is 11.6 Å². The molecule has 25 heavy (non-hydrogen) atoms. The molecule has 0 saturated carbocycles. The summed E-state index contributed by atoms with van der Waals surface area (Å²) in [5, 5.41) is 32.4.